The molecule has 90 valence electrons. The highest BCUT2D eigenvalue weighted by molar-refractivity contribution is 7.10. The molecule has 1 aromatic heterocycles. The molecule has 0 saturated heterocycles. The van der Waals surface area contributed by atoms with Crippen LogP contribution < -0.4 is 0 Å². The van der Waals surface area contributed by atoms with Gasteiger partial charge in [-0.1, -0.05) is 13.8 Å². The molecule has 2 heterocycles. The van der Waals surface area contributed by atoms with Gasteiger partial charge in [-0.3, -0.25) is 4.90 Å². The number of hydrogen-bond acceptors (Lipinski definition) is 2. The maximum Gasteiger partial charge on any atom is 0.0252 e. The van der Waals surface area contributed by atoms with Crippen LogP contribution in [0.3, 0.4) is 0 Å². The topological polar surface area (TPSA) is 3.24 Å². The first kappa shape index (κ1) is 12.1. The second kappa shape index (κ2) is 4.15. The molecule has 0 N–H and O–H groups in total. The largest absolute Gasteiger partial charge is 0.294 e. The Kier molecular flexibility index (Phi) is 3.15. The smallest absolute Gasteiger partial charge is 0.0252 e. The van der Waals surface area contributed by atoms with Crippen molar-refractivity contribution in [3.63, 3.8) is 0 Å². The molecule has 0 aromatic carbocycles. The minimum Gasteiger partial charge on any atom is -0.294 e. The van der Waals surface area contributed by atoms with E-state index in [4.69, 9.17) is 0 Å². The van der Waals surface area contributed by atoms with Crippen molar-refractivity contribution in [1.82, 2.24) is 4.90 Å². The molecule has 1 aromatic rings. The van der Waals surface area contributed by atoms with Crippen LogP contribution in [0.5, 0.6) is 0 Å². The van der Waals surface area contributed by atoms with Gasteiger partial charge in [0.15, 0.2) is 0 Å². The number of fused-ring (bicyclic) bond motifs is 1. The summed E-state index contributed by atoms with van der Waals surface area (Å²) in [7, 11) is 0. The molecule has 1 aliphatic rings. The standard InChI is InChI=1S/C14H23NS/c1-10(2)12-9-16-13-6-7-15(8-11(12)13)14(3,4)5/h9-10H,6-8H2,1-5H3. The van der Waals surface area contributed by atoms with Crippen molar-refractivity contribution >= 4 is 11.3 Å². The Hall–Kier alpha value is -0.340. The van der Waals surface area contributed by atoms with Gasteiger partial charge in [0.05, 0.1) is 0 Å². The van der Waals surface area contributed by atoms with Gasteiger partial charge in [-0.15, -0.1) is 11.3 Å². The number of thiophene rings is 1. The predicted octanol–water partition coefficient (Wildman–Crippen LogP) is 4.03. The molecule has 0 radical (unpaired) electrons. The Morgan fingerprint density at radius 1 is 1.31 bits per heavy atom. The average molecular weight is 237 g/mol. The van der Waals surface area contributed by atoms with Gasteiger partial charge in [-0.25, -0.2) is 0 Å². The predicted molar refractivity (Wildman–Crippen MR) is 72.3 cm³/mol. The summed E-state index contributed by atoms with van der Waals surface area (Å²) in [6.45, 7) is 13.9. The van der Waals surface area contributed by atoms with E-state index in [9.17, 15) is 0 Å². The van der Waals surface area contributed by atoms with Gasteiger partial charge in [-0.05, 0) is 49.6 Å². The molecule has 0 spiro atoms. The lowest BCUT2D eigenvalue weighted by Gasteiger charge is -2.38. The van der Waals surface area contributed by atoms with E-state index in [1.165, 1.54) is 13.0 Å². The molecule has 16 heavy (non-hydrogen) atoms. The lowest BCUT2D eigenvalue weighted by atomic mass is 9.94. The fraction of sp³-hybridized carbons (Fsp3) is 0.714. The van der Waals surface area contributed by atoms with Crippen molar-refractivity contribution in [2.45, 2.75) is 59.0 Å². The van der Waals surface area contributed by atoms with E-state index in [0.717, 1.165) is 6.54 Å². The zero-order chi connectivity index (χ0) is 11.9. The highest BCUT2D eigenvalue weighted by Gasteiger charge is 2.28. The summed E-state index contributed by atoms with van der Waals surface area (Å²) in [5.74, 6) is 0.667. The third-order valence-corrected chi connectivity index (χ3v) is 4.65. The zero-order valence-corrected chi connectivity index (χ0v) is 11.9. The first-order valence-corrected chi connectivity index (χ1v) is 7.11. The fourth-order valence-corrected chi connectivity index (χ4v) is 3.61. The van der Waals surface area contributed by atoms with Gasteiger partial charge in [0, 0.05) is 23.5 Å². The molecule has 0 bridgehead atoms. The summed E-state index contributed by atoms with van der Waals surface area (Å²) >= 11 is 1.97. The highest BCUT2D eigenvalue weighted by atomic mass is 32.1. The minimum absolute atomic E-state index is 0.299. The third-order valence-electron chi connectivity index (χ3n) is 3.54. The van der Waals surface area contributed by atoms with E-state index < -0.39 is 0 Å². The van der Waals surface area contributed by atoms with Crippen molar-refractivity contribution in [3.05, 3.63) is 21.4 Å². The summed E-state index contributed by atoms with van der Waals surface area (Å²) in [6, 6.07) is 0. The molecular weight excluding hydrogens is 214 g/mol. The summed E-state index contributed by atoms with van der Waals surface area (Å²) in [5.41, 5.74) is 3.50. The zero-order valence-electron chi connectivity index (χ0n) is 11.1. The van der Waals surface area contributed by atoms with Crippen LogP contribution in [0.15, 0.2) is 5.38 Å². The van der Waals surface area contributed by atoms with Gasteiger partial charge >= 0.3 is 0 Å². The Balaban J connectivity index is 2.28. The number of nitrogens with zero attached hydrogens (tertiary/aromatic N) is 1. The second-order valence-electron chi connectivity index (χ2n) is 6.09. The first-order valence-electron chi connectivity index (χ1n) is 6.24. The summed E-state index contributed by atoms with van der Waals surface area (Å²) in [4.78, 5) is 4.23. The van der Waals surface area contributed by atoms with Gasteiger partial charge < -0.3 is 0 Å². The SMILES string of the molecule is CC(C)c1csc2c1CN(C(C)(C)C)CC2. The van der Waals surface area contributed by atoms with Gasteiger partial charge in [0.2, 0.25) is 0 Å². The lowest BCUT2D eigenvalue weighted by molar-refractivity contribution is 0.121. The molecule has 0 fully saturated rings. The number of hydrogen-bond donors (Lipinski definition) is 0. The van der Waals surface area contributed by atoms with E-state index in [1.807, 2.05) is 11.3 Å². The molecule has 0 unspecified atom stereocenters. The molecular formula is C14H23NS. The quantitative estimate of drug-likeness (QED) is 0.713. The van der Waals surface area contributed by atoms with Gasteiger partial charge in [0.25, 0.3) is 0 Å². The van der Waals surface area contributed by atoms with Crippen LogP contribution in [-0.2, 0) is 13.0 Å². The Morgan fingerprint density at radius 3 is 2.56 bits per heavy atom. The summed E-state index contributed by atoms with van der Waals surface area (Å²) in [5, 5.41) is 2.38. The van der Waals surface area contributed by atoms with Crippen LogP contribution in [0.2, 0.25) is 0 Å². The normalized spacial score (nSPS) is 17.9. The van der Waals surface area contributed by atoms with Crippen LogP contribution in [0.25, 0.3) is 0 Å². The monoisotopic (exact) mass is 237 g/mol. The van der Waals surface area contributed by atoms with Crippen molar-refractivity contribution < 1.29 is 0 Å². The maximum absolute atomic E-state index is 2.61. The number of rotatable bonds is 1. The van der Waals surface area contributed by atoms with Crippen LogP contribution in [-0.4, -0.2) is 17.0 Å². The average Bonchev–Trinajstić information content (AvgIpc) is 2.58. The molecule has 0 amide bonds. The summed E-state index contributed by atoms with van der Waals surface area (Å²) in [6.07, 6.45) is 1.24. The van der Waals surface area contributed by atoms with Crippen molar-refractivity contribution in [2.75, 3.05) is 6.54 Å². The van der Waals surface area contributed by atoms with Crippen molar-refractivity contribution in [1.29, 1.82) is 0 Å². The van der Waals surface area contributed by atoms with Crippen molar-refractivity contribution in [2.24, 2.45) is 0 Å². The highest BCUT2D eigenvalue weighted by Crippen LogP contribution is 2.34. The van der Waals surface area contributed by atoms with E-state index in [1.54, 1.807) is 16.0 Å². The Bertz CT molecular complexity index is 371. The minimum atomic E-state index is 0.299. The van der Waals surface area contributed by atoms with Gasteiger partial charge in [-0.2, -0.15) is 0 Å². The first-order chi connectivity index (χ1) is 7.39. The Labute approximate surface area is 103 Å². The van der Waals surface area contributed by atoms with E-state index in [0.29, 0.717) is 11.5 Å². The van der Waals surface area contributed by atoms with E-state index in [-0.39, 0.29) is 0 Å². The molecule has 2 heteroatoms. The molecule has 2 rings (SSSR count). The molecule has 1 nitrogen and oxygen atoms in total. The third kappa shape index (κ3) is 2.18. The van der Waals surface area contributed by atoms with E-state index >= 15 is 0 Å². The van der Waals surface area contributed by atoms with Crippen LogP contribution in [0.1, 0.15) is 56.5 Å². The van der Waals surface area contributed by atoms with E-state index in [2.05, 4.69) is 44.9 Å². The molecule has 1 aliphatic heterocycles. The summed E-state index contributed by atoms with van der Waals surface area (Å²) < 4.78 is 0. The Morgan fingerprint density at radius 2 is 2.00 bits per heavy atom. The molecule has 0 saturated carbocycles. The second-order valence-corrected chi connectivity index (χ2v) is 7.05. The van der Waals surface area contributed by atoms with Crippen LogP contribution in [0, 0.1) is 0 Å². The lowest BCUT2D eigenvalue weighted by Crippen LogP contribution is -2.44. The molecule has 0 atom stereocenters. The maximum atomic E-state index is 2.61. The molecule has 0 aliphatic carbocycles. The van der Waals surface area contributed by atoms with Crippen LogP contribution >= 0.6 is 11.3 Å². The van der Waals surface area contributed by atoms with Gasteiger partial charge in [0.1, 0.15) is 0 Å². The fourth-order valence-electron chi connectivity index (χ4n) is 2.39. The van der Waals surface area contributed by atoms with Crippen molar-refractivity contribution in [3.8, 4) is 0 Å². The van der Waals surface area contributed by atoms with Crippen LogP contribution in [0.4, 0.5) is 0 Å².